The number of ether oxygens (including phenoxy) is 2. The highest BCUT2D eigenvalue weighted by atomic mass is 35.5. The molecule has 0 unspecified atom stereocenters. The number of nitro benzene ring substituents is 1. The first-order valence-electron chi connectivity index (χ1n) is 6.13. The van der Waals surface area contributed by atoms with Gasteiger partial charge in [-0.2, -0.15) is 0 Å². The second kappa shape index (κ2) is 6.86. The first-order valence-corrected chi connectivity index (χ1v) is 6.50. The van der Waals surface area contributed by atoms with Crippen LogP contribution >= 0.6 is 11.6 Å². The van der Waals surface area contributed by atoms with Crippen molar-refractivity contribution < 1.29 is 14.4 Å². The lowest BCUT2D eigenvalue weighted by Crippen LogP contribution is -1.87. The molecule has 0 amide bonds. The van der Waals surface area contributed by atoms with Crippen molar-refractivity contribution in [3.05, 3.63) is 51.5 Å². The van der Waals surface area contributed by atoms with Gasteiger partial charge in [0.15, 0.2) is 0 Å². The Bertz CT molecular complexity index is 734. The summed E-state index contributed by atoms with van der Waals surface area (Å²) in [6.07, 6.45) is 0. The summed E-state index contributed by atoms with van der Waals surface area (Å²) in [5, 5.41) is 18.8. The zero-order valence-electron chi connectivity index (χ0n) is 11.8. The van der Waals surface area contributed by atoms with E-state index in [1.54, 1.807) is 25.3 Å². The van der Waals surface area contributed by atoms with E-state index in [1.807, 2.05) is 0 Å². The van der Waals surface area contributed by atoms with Crippen LogP contribution in [0.2, 0.25) is 5.02 Å². The van der Waals surface area contributed by atoms with E-state index >= 15 is 0 Å². The normalized spacial score (nSPS) is 10.7. The summed E-state index contributed by atoms with van der Waals surface area (Å²) in [4.78, 5) is 10.1. The van der Waals surface area contributed by atoms with Crippen LogP contribution in [0.25, 0.3) is 0 Å². The fourth-order valence-corrected chi connectivity index (χ4v) is 1.88. The van der Waals surface area contributed by atoms with Crippen LogP contribution in [-0.4, -0.2) is 19.1 Å². The van der Waals surface area contributed by atoms with Crippen LogP contribution in [0.1, 0.15) is 0 Å². The van der Waals surface area contributed by atoms with Crippen LogP contribution in [0, 0.1) is 10.1 Å². The van der Waals surface area contributed by atoms with Gasteiger partial charge in [-0.3, -0.25) is 10.1 Å². The Morgan fingerprint density at radius 3 is 2.32 bits per heavy atom. The Morgan fingerprint density at radius 1 is 1.05 bits per heavy atom. The highest BCUT2D eigenvalue weighted by Gasteiger charge is 2.09. The van der Waals surface area contributed by atoms with Crippen molar-refractivity contribution in [2.75, 3.05) is 14.2 Å². The molecule has 7 nitrogen and oxygen atoms in total. The number of rotatable bonds is 5. The van der Waals surface area contributed by atoms with Crippen LogP contribution in [0.3, 0.4) is 0 Å². The molecular weight excluding hydrogens is 310 g/mol. The number of hydrogen-bond donors (Lipinski definition) is 0. The van der Waals surface area contributed by atoms with Crippen LogP contribution in [0.15, 0.2) is 46.6 Å². The summed E-state index contributed by atoms with van der Waals surface area (Å²) in [6.45, 7) is 0. The smallest absolute Gasteiger partial charge is 0.271 e. The molecular formula is C14H12ClN3O4. The van der Waals surface area contributed by atoms with Gasteiger partial charge in [0.25, 0.3) is 5.69 Å². The third-order valence-electron chi connectivity index (χ3n) is 2.79. The van der Waals surface area contributed by atoms with Gasteiger partial charge >= 0.3 is 0 Å². The average molecular weight is 322 g/mol. The van der Waals surface area contributed by atoms with Crippen molar-refractivity contribution in [2.24, 2.45) is 10.2 Å². The van der Waals surface area contributed by atoms with E-state index in [2.05, 4.69) is 10.2 Å². The highest BCUT2D eigenvalue weighted by Crippen LogP contribution is 2.34. The zero-order valence-corrected chi connectivity index (χ0v) is 12.6. The Morgan fingerprint density at radius 2 is 1.73 bits per heavy atom. The lowest BCUT2D eigenvalue weighted by atomic mass is 10.3. The second-order valence-corrected chi connectivity index (χ2v) is 4.54. The number of non-ortho nitro benzene ring substituents is 1. The molecule has 0 aliphatic carbocycles. The molecule has 0 fully saturated rings. The summed E-state index contributed by atoms with van der Waals surface area (Å²) >= 11 is 5.95. The van der Waals surface area contributed by atoms with Crippen LogP contribution in [0.5, 0.6) is 11.5 Å². The van der Waals surface area contributed by atoms with E-state index in [9.17, 15) is 10.1 Å². The lowest BCUT2D eigenvalue weighted by Gasteiger charge is -2.06. The summed E-state index contributed by atoms with van der Waals surface area (Å²) in [5.41, 5.74) is 0.703. The molecule has 0 bridgehead atoms. The van der Waals surface area contributed by atoms with Crippen molar-refractivity contribution >= 4 is 28.7 Å². The van der Waals surface area contributed by atoms with Gasteiger partial charge in [-0.05, 0) is 18.2 Å². The van der Waals surface area contributed by atoms with E-state index < -0.39 is 4.92 Å². The lowest BCUT2D eigenvalue weighted by molar-refractivity contribution is -0.384. The quantitative estimate of drug-likeness (QED) is 0.454. The van der Waals surface area contributed by atoms with E-state index in [-0.39, 0.29) is 10.7 Å². The number of halogens is 1. The number of nitrogens with zero attached hydrogens (tertiary/aromatic N) is 3. The molecule has 0 aliphatic heterocycles. The van der Waals surface area contributed by atoms with Gasteiger partial charge in [-0.25, -0.2) is 0 Å². The summed E-state index contributed by atoms with van der Waals surface area (Å²) in [7, 11) is 3.05. The molecule has 0 radical (unpaired) electrons. The van der Waals surface area contributed by atoms with E-state index in [4.69, 9.17) is 21.1 Å². The first kappa shape index (κ1) is 15.7. The van der Waals surface area contributed by atoms with Gasteiger partial charge in [-0.15, -0.1) is 10.2 Å². The molecule has 2 rings (SSSR count). The van der Waals surface area contributed by atoms with Crippen LogP contribution < -0.4 is 9.47 Å². The van der Waals surface area contributed by atoms with E-state index in [1.165, 1.54) is 25.3 Å². The number of methoxy groups -OCH3 is 2. The summed E-state index contributed by atoms with van der Waals surface area (Å²) in [5.74, 6) is 1.12. The molecule has 8 heteroatoms. The minimum absolute atomic E-state index is 0.106. The van der Waals surface area contributed by atoms with Gasteiger partial charge in [-0.1, -0.05) is 11.6 Å². The molecule has 0 saturated heterocycles. The Hall–Kier alpha value is -2.67. The molecule has 22 heavy (non-hydrogen) atoms. The molecule has 0 N–H and O–H groups in total. The van der Waals surface area contributed by atoms with Crippen LogP contribution in [-0.2, 0) is 0 Å². The standard InChI is InChI=1S/C14H12ClN3O4/c1-21-10-4-6-13(14(8-10)22-2)17-16-12-5-3-9(18(19)20)7-11(12)15/h3-8H,1-2H3. The Kier molecular flexibility index (Phi) is 4.90. The van der Waals surface area contributed by atoms with Gasteiger partial charge in [0.2, 0.25) is 0 Å². The second-order valence-electron chi connectivity index (χ2n) is 4.13. The molecule has 0 atom stereocenters. The van der Waals surface area contributed by atoms with Crippen molar-refractivity contribution in [1.29, 1.82) is 0 Å². The molecule has 2 aromatic carbocycles. The van der Waals surface area contributed by atoms with Gasteiger partial charge < -0.3 is 9.47 Å². The molecule has 114 valence electrons. The highest BCUT2D eigenvalue weighted by molar-refractivity contribution is 6.33. The van der Waals surface area contributed by atoms with Crippen LogP contribution in [0.4, 0.5) is 17.1 Å². The van der Waals surface area contributed by atoms with Crippen molar-refractivity contribution in [1.82, 2.24) is 0 Å². The maximum atomic E-state index is 10.7. The minimum atomic E-state index is -0.528. The molecule has 0 aromatic heterocycles. The monoisotopic (exact) mass is 321 g/mol. The molecule has 2 aromatic rings. The number of nitro groups is 1. The van der Waals surface area contributed by atoms with E-state index in [0.29, 0.717) is 22.9 Å². The predicted octanol–water partition coefficient (Wildman–Crippen LogP) is 4.68. The van der Waals surface area contributed by atoms with Gasteiger partial charge in [0, 0.05) is 18.2 Å². The summed E-state index contributed by atoms with van der Waals surface area (Å²) in [6, 6.07) is 9.03. The van der Waals surface area contributed by atoms with Gasteiger partial charge in [0.1, 0.15) is 22.9 Å². The third kappa shape index (κ3) is 3.50. The minimum Gasteiger partial charge on any atom is -0.497 e. The number of azo groups is 1. The number of hydrogen-bond acceptors (Lipinski definition) is 6. The fourth-order valence-electron chi connectivity index (χ4n) is 1.67. The van der Waals surface area contributed by atoms with Gasteiger partial charge in [0.05, 0.1) is 24.2 Å². The molecule has 0 aliphatic rings. The molecule has 0 heterocycles. The van der Waals surface area contributed by atoms with E-state index in [0.717, 1.165) is 0 Å². The SMILES string of the molecule is COc1ccc(N=Nc2ccc([N+](=O)[O-])cc2Cl)c(OC)c1. The molecule has 0 spiro atoms. The predicted molar refractivity (Wildman–Crippen MR) is 81.8 cm³/mol. The van der Waals surface area contributed by atoms with Crippen molar-refractivity contribution in [3.63, 3.8) is 0 Å². The number of benzene rings is 2. The molecule has 0 saturated carbocycles. The largest absolute Gasteiger partial charge is 0.497 e. The zero-order chi connectivity index (χ0) is 16.1. The fraction of sp³-hybridized carbons (Fsp3) is 0.143. The Labute approximate surface area is 131 Å². The topological polar surface area (TPSA) is 86.3 Å². The maximum absolute atomic E-state index is 10.7. The summed E-state index contributed by atoms with van der Waals surface area (Å²) < 4.78 is 10.3. The third-order valence-corrected chi connectivity index (χ3v) is 3.10. The Balaban J connectivity index is 2.30. The average Bonchev–Trinajstić information content (AvgIpc) is 2.53. The van der Waals surface area contributed by atoms with Crippen molar-refractivity contribution in [3.8, 4) is 11.5 Å². The maximum Gasteiger partial charge on any atom is 0.271 e. The van der Waals surface area contributed by atoms with Crippen molar-refractivity contribution in [2.45, 2.75) is 0 Å². The first-order chi connectivity index (χ1) is 10.5.